The average molecular weight is 621 g/mol. The van der Waals surface area contributed by atoms with Crippen molar-refractivity contribution in [2.24, 2.45) is 0 Å². The normalized spacial score (nSPS) is 10.9. The van der Waals surface area contributed by atoms with E-state index in [1.54, 1.807) is 0 Å². The van der Waals surface area contributed by atoms with E-state index < -0.39 is 0 Å². The van der Waals surface area contributed by atoms with Crippen LogP contribution in [0.2, 0.25) is 0 Å². The minimum atomic E-state index is 0. The minimum Gasteiger partial charge on any atom is -0.460 e. The first kappa shape index (κ1) is 22.1. The van der Waals surface area contributed by atoms with Crippen molar-refractivity contribution in [2.75, 3.05) is 0 Å². The number of aromatic nitrogens is 3. The van der Waals surface area contributed by atoms with E-state index in [1.165, 1.54) is 5.39 Å². The molecule has 166 valence electrons. The van der Waals surface area contributed by atoms with Gasteiger partial charge in [0.05, 0.1) is 0 Å². The monoisotopic (exact) mass is 620 g/mol. The van der Waals surface area contributed by atoms with E-state index in [9.17, 15) is 0 Å². The van der Waals surface area contributed by atoms with Crippen molar-refractivity contribution >= 4 is 21.8 Å². The van der Waals surface area contributed by atoms with Gasteiger partial charge in [0.2, 0.25) is 5.88 Å². The van der Waals surface area contributed by atoms with Gasteiger partial charge in [0.25, 0.3) is 0 Å². The summed E-state index contributed by atoms with van der Waals surface area (Å²) in [5.41, 5.74) is 4.83. The molecular formula is C29H19N3OPt. The Kier molecular flexibility index (Phi) is 6.00. The summed E-state index contributed by atoms with van der Waals surface area (Å²) >= 11 is 0. The van der Waals surface area contributed by atoms with Crippen molar-refractivity contribution in [3.8, 4) is 28.6 Å². The molecule has 0 radical (unpaired) electrons. The van der Waals surface area contributed by atoms with E-state index in [4.69, 9.17) is 4.74 Å². The third-order valence-corrected chi connectivity index (χ3v) is 5.60. The predicted octanol–water partition coefficient (Wildman–Crippen LogP) is 6.94. The van der Waals surface area contributed by atoms with E-state index in [0.29, 0.717) is 11.6 Å². The molecule has 3 heterocycles. The van der Waals surface area contributed by atoms with Gasteiger partial charge in [0, 0.05) is 29.2 Å². The Hall–Kier alpha value is -3.75. The van der Waals surface area contributed by atoms with Crippen LogP contribution in [-0.2, 0) is 21.1 Å². The maximum Gasteiger partial charge on any atom is 2.00 e. The second-order valence-electron chi connectivity index (χ2n) is 7.82. The van der Waals surface area contributed by atoms with Crippen LogP contribution >= 0.6 is 0 Å². The van der Waals surface area contributed by atoms with Crippen LogP contribution in [0.3, 0.4) is 0 Å². The number of fused-ring (bicyclic) bond motifs is 3. The van der Waals surface area contributed by atoms with Crippen LogP contribution in [0, 0.1) is 19.1 Å². The fraction of sp³-hybridized carbons (Fsp3) is 0.0345. The molecule has 0 atom stereocenters. The molecule has 34 heavy (non-hydrogen) atoms. The van der Waals surface area contributed by atoms with Gasteiger partial charge in [-0.25, -0.2) is 21.1 Å². The van der Waals surface area contributed by atoms with Gasteiger partial charge in [-0.1, -0.05) is 35.7 Å². The standard InChI is InChI=1S/C29H19N3O.Pt/c1-20-8-6-14-29(31-20)33-23-10-7-9-21(18-23)22-15-16-25-24-11-2-3-12-26(24)32(27(25)19-22)28-13-4-5-17-30-28;/h2-17H,1H3;/q-2;+2. The molecule has 0 aliphatic carbocycles. The summed E-state index contributed by atoms with van der Waals surface area (Å²) in [6, 6.07) is 37.1. The Balaban J connectivity index is 0.00000241. The molecule has 0 spiro atoms. The van der Waals surface area contributed by atoms with Crippen LogP contribution in [0.4, 0.5) is 0 Å². The number of pyridine rings is 2. The van der Waals surface area contributed by atoms with Crippen molar-refractivity contribution < 1.29 is 25.8 Å². The van der Waals surface area contributed by atoms with Gasteiger partial charge < -0.3 is 9.30 Å². The quantitative estimate of drug-likeness (QED) is 0.201. The van der Waals surface area contributed by atoms with Gasteiger partial charge in [0.1, 0.15) is 5.82 Å². The number of rotatable bonds is 4. The van der Waals surface area contributed by atoms with E-state index in [2.05, 4.69) is 63.1 Å². The summed E-state index contributed by atoms with van der Waals surface area (Å²) in [5, 5.41) is 2.31. The Morgan fingerprint density at radius 1 is 0.735 bits per heavy atom. The number of ether oxygens (including phenoxy) is 1. The first-order valence-electron chi connectivity index (χ1n) is 10.8. The molecule has 0 amide bonds. The molecule has 6 rings (SSSR count). The van der Waals surface area contributed by atoms with Gasteiger partial charge >= 0.3 is 21.1 Å². The molecule has 0 bridgehead atoms. The third kappa shape index (κ3) is 4.02. The van der Waals surface area contributed by atoms with Gasteiger partial charge in [0.15, 0.2) is 0 Å². The van der Waals surface area contributed by atoms with Crippen molar-refractivity contribution in [3.05, 3.63) is 115 Å². The van der Waals surface area contributed by atoms with Gasteiger partial charge in [-0.2, -0.15) is 24.3 Å². The number of benzene rings is 3. The zero-order valence-corrected chi connectivity index (χ0v) is 20.6. The number of hydrogen-bond acceptors (Lipinski definition) is 3. The zero-order chi connectivity index (χ0) is 22.2. The van der Waals surface area contributed by atoms with Crippen molar-refractivity contribution in [1.29, 1.82) is 0 Å². The molecule has 5 heteroatoms. The summed E-state index contributed by atoms with van der Waals surface area (Å²) in [4.78, 5) is 9.02. The molecule has 3 aromatic carbocycles. The second kappa shape index (κ2) is 9.24. The summed E-state index contributed by atoms with van der Waals surface area (Å²) in [7, 11) is 0. The smallest absolute Gasteiger partial charge is 0.460 e. The predicted molar refractivity (Wildman–Crippen MR) is 131 cm³/mol. The van der Waals surface area contributed by atoms with E-state index in [1.807, 2.05) is 67.7 Å². The van der Waals surface area contributed by atoms with Gasteiger partial charge in [-0.15, -0.1) is 18.2 Å². The molecule has 0 fully saturated rings. The summed E-state index contributed by atoms with van der Waals surface area (Å²) in [5.74, 6) is 2.03. The minimum absolute atomic E-state index is 0. The number of aryl methyl sites for hydroxylation is 1. The SMILES string of the molecule is Cc1cccc(Oc2[c-]c(-c3[c-]c4c(cc3)c3ccccc3n4-c3ccccn3)ccc2)n1.[Pt+2]. The largest absolute Gasteiger partial charge is 2.00 e. The first-order valence-corrected chi connectivity index (χ1v) is 10.8. The van der Waals surface area contributed by atoms with E-state index in [-0.39, 0.29) is 21.1 Å². The van der Waals surface area contributed by atoms with Gasteiger partial charge in [-0.05, 0) is 42.1 Å². The molecule has 0 aliphatic heterocycles. The molecule has 0 unspecified atom stereocenters. The van der Waals surface area contributed by atoms with Crippen molar-refractivity contribution in [3.63, 3.8) is 0 Å². The van der Waals surface area contributed by atoms with Crippen LogP contribution in [0.25, 0.3) is 38.8 Å². The third-order valence-electron chi connectivity index (χ3n) is 5.60. The number of hydrogen-bond donors (Lipinski definition) is 0. The van der Waals surface area contributed by atoms with Crippen LogP contribution in [-0.4, -0.2) is 14.5 Å². The molecule has 0 saturated carbocycles. The Labute approximate surface area is 212 Å². The van der Waals surface area contributed by atoms with Crippen molar-refractivity contribution in [1.82, 2.24) is 14.5 Å². The molecule has 4 nitrogen and oxygen atoms in total. The first-order chi connectivity index (χ1) is 16.3. The van der Waals surface area contributed by atoms with Crippen molar-refractivity contribution in [2.45, 2.75) is 6.92 Å². The zero-order valence-electron chi connectivity index (χ0n) is 18.3. The maximum absolute atomic E-state index is 5.95. The Bertz CT molecular complexity index is 1610. The fourth-order valence-corrected chi connectivity index (χ4v) is 4.13. The second-order valence-corrected chi connectivity index (χ2v) is 7.82. The van der Waals surface area contributed by atoms with Crippen LogP contribution in [0.15, 0.2) is 97.2 Å². The summed E-state index contributed by atoms with van der Waals surface area (Å²) in [6.07, 6.45) is 1.81. The number of nitrogens with zero attached hydrogens (tertiary/aromatic N) is 3. The van der Waals surface area contributed by atoms with E-state index in [0.717, 1.165) is 39.1 Å². The fourth-order valence-electron chi connectivity index (χ4n) is 4.13. The molecule has 3 aromatic heterocycles. The molecule has 6 aromatic rings. The average Bonchev–Trinajstić information content (AvgIpc) is 3.18. The molecule has 0 N–H and O–H groups in total. The summed E-state index contributed by atoms with van der Waals surface area (Å²) in [6.45, 7) is 1.94. The summed E-state index contributed by atoms with van der Waals surface area (Å²) < 4.78 is 8.11. The van der Waals surface area contributed by atoms with Crippen LogP contribution in [0.1, 0.15) is 5.69 Å². The molecule has 0 aliphatic rings. The topological polar surface area (TPSA) is 39.9 Å². The molecular weight excluding hydrogens is 601 g/mol. The molecule has 0 saturated heterocycles. The van der Waals surface area contributed by atoms with Crippen LogP contribution < -0.4 is 4.74 Å². The van der Waals surface area contributed by atoms with E-state index >= 15 is 0 Å². The van der Waals surface area contributed by atoms with Crippen LogP contribution in [0.5, 0.6) is 11.6 Å². The Morgan fingerprint density at radius 2 is 1.56 bits per heavy atom. The van der Waals surface area contributed by atoms with Gasteiger partial charge in [-0.3, -0.25) is 0 Å². The maximum atomic E-state index is 5.95. The number of para-hydroxylation sites is 1. The Morgan fingerprint density at radius 3 is 2.41 bits per heavy atom.